The third-order valence-electron chi connectivity index (χ3n) is 3.73. The summed E-state index contributed by atoms with van der Waals surface area (Å²) in [7, 11) is 0. The molecule has 2 aromatic rings. The van der Waals surface area contributed by atoms with Crippen molar-refractivity contribution in [2.45, 2.75) is 25.3 Å². The Kier molecular flexibility index (Phi) is 3.92. The second-order valence-corrected chi connectivity index (χ2v) is 4.95. The summed E-state index contributed by atoms with van der Waals surface area (Å²) in [5, 5.41) is 3.55. The second kappa shape index (κ2) is 6.01. The molecule has 0 radical (unpaired) electrons. The maximum absolute atomic E-state index is 5.75. The third-order valence-corrected chi connectivity index (χ3v) is 3.73. The summed E-state index contributed by atoms with van der Waals surface area (Å²) in [6, 6.07) is 8.46. The van der Waals surface area contributed by atoms with Gasteiger partial charge in [-0.2, -0.15) is 0 Å². The molecule has 0 spiro atoms. The van der Waals surface area contributed by atoms with Crippen LogP contribution in [0.25, 0.3) is 0 Å². The Morgan fingerprint density at radius 2 is 2.25 bits per heavy atom. The molecule has 0 aliphatic carbocycles. The molecule has 1 aliphatic rings. The molecular formula is C16H19N3O. The van der Waals surface area contributed by atoms with Gasteiger partial charge in [0.25, 0.3) is 0 Å². The van der Waals surface area contributed by atoms with Crippen molar-refractivity contribution in [1.29, 1.82) is 0 Å². The number of aromatic nitrogens is 2. The number of ether oxygens (including phenoxy) is 1. The molecule has 1 N–H and O–H groups in total. The Balaban J connectivity index is 1.97. The average Bonchev–Trinajstić information content (AvgIpc) is 2.53. The molecule has 2 atom stereocenters. The molecule has 104 valence electrons. The molecular weight excluding hydrogens is 250 g/mol. The molecule has 3 rings (SSSR count). The minimum absolute atomic E-state index is 0.179. The summed E-state index contributed by atoms with van der Waals surface area (Å²) in [5.41, 5.74) is 2.26. The van der Waals surface area contributed by atoms with Crippen molar-refractivity contribution >= 4 is 0 Å². The predicted octanol–water partition coefficient (Wildman–Crippen LogP) is 2.69. The van der Waals surface area contributed by atoms with Gasteiger partial charge in [-0.1, -0.05) is 25.1 Å². The van der Waals surface area contributed by atoms with Gasteiger partial charge in [-0.25, -0.2) is 0 Å². The number of hydrogen-bond donors (Lipinski definition) is 1. The summed E-state index contributed by atoms with van der Waals surface area (Å²) < 4.78 is 5.75. The van der Waals surface area contributed by atoms with Gasteiger partial charge in [-0.15, -0.1) is 0 Å². The van der Waals surface area contributed by atoms with Crippen LogP contribution in [-0.4, -0.2) is 23.1 Å². The molecule has 1 aromatic carbocycles. The lowest BCUT2D eigenvalue weighted by molar-refractivity contribution is 0.245. The van der Waals surface area contributed by atoms with Crippen LogP contribution < -0.4 is 10.1 Å². The van der Waals surface area contributed by atoms with Crippen molar-refractivity contribution in [3.8, 4) is 5.75 Å². The standard InChI is InChI=1S/C16H19N3O/c1-2-18-16(14-11-17-8-9-19-14)13-7-10-20-15-6-4-3-5-12(13)15/h3-6,8-9,11,13,16,18H,2,7,10H2,1H3. The van der Waals surface area contributed by atoms with E-state index < -0.39 is 0 Å². The number of para-hydroxylation sites is 1. The Hall–Kier alpha value is -1.94. The molecule has 20 heavy (non-hydrogen) atoms. The molecule has 4 heteroatoms. The van der Waals surface area contributed by atoms with Gasteiger partial charge in [0, 0.05) is 24.5 Å². The van der Waals surface area contributed by atoms with Crippen molar-refractivity contribution < 1.29 is 4.74 Å². The Morgan fingerprint density at radius 3 is 3.05 bits per heavy atom. The van der Waals surface area contributed by atoms with E-state index in [1.54, 1.807) is 12.4 Å². The minimum Gasteiger partial charge on any atom is -0.493 e. The fourth-order valence-electron chi connectivity index (χ4n) is 2.86. The zero-order valence-electron chi connectivity index (χ0n) is 11.6. The van der Waals surface area contributed by atoms with E-state index in [1.165, 1.54) is 5.56 Å². The quantitative estimate of drug-likeness (QED) is 0.927. The second-order valence-electron chi connectivity index (χ2n) is 4.95. The van der Waals surface area contributed by atoms with Gasteiger partial charge in [0.2, 0.25) is 0 Å². The van der Waals surface area contributed by atoms with E-state index >= 15 is 0 Å². The van der Waals surface area contributed by atoms with E-state index in [4.69, 9.17) is 4.74 Å². The Morgan fingerprint density at radius 1 is 1.35 bits per heavy atom. The van der Waals surface area contributed by atoms with Crippen LogP contribution in [0.3, 0.4) is 0 Å². The van der Waals surface area contributed by atoms with Crippen molar-refractivity contribution in [1.82, 2.24) is 15.3 Å². The van der Waals surface area contributed by atoms with Gasteiger partial charge in [0.1, 0.15) is 5.75 Å². The number of fused-ring (bicyclic) bond motifs is 1. The summed E-state index contributed by atoms with van der Waals surface area (Å²) in [5.74, 6) is 1.37. The van der Waals surface area contributed by atoms with Gasteiger partial charge in [-0.05, 0) is 24.6 Å². The SMILES string of the molecule is CCNC(c1cnccn1)C1CCOc2ccccc21. The summed E-state index contributed by atoms with van der Waals surface area (Å²) in [6.07, 6.45) is 6.31. The molecule has 1 aromatic heterocycles. The lowest BCUT2D eigenvalue weighted by Gasteiger charge is -2.32. The van der Waals surface area contributed by atoms with Crippen LogP contribution in [0.5, 0.6) is 5.75 Å². The highest BCUT2D eigenvalue weighted by molar-refractivity contribution is 5.39. The van der Waals surface area contributed by atoms with Gasteiger partial charge in [-0.3, -0.25) is 9.97 Å². The molecule has 4 nitrogen and oxygen atoms in total. The van der Waals surface area contributed by atoms with E-state index in [9.17, 15) is 0 Å². The van der Waals surface area contributed by atoms with Crippen LogP contribution in [0.4, 0.5) is 0 Å². The number of benzene rings is 1. The molecule has 0 fully saturated rings. The molecule has 0 saturated carbocycles. The minimum atomic E-state index is 0.179. The van der Waals surface area contributed by atoms with Crippen LogP contribution >= 0.6 is 0 Å². The number of nitrogens with zero attached hydrogens (tertiary/aromatic N) is 2. The van der Waals surface area contributed by atoms with Crippen LogP contribution in [-0.2, 0) is 0 Å². The predicted molar refractivity (Wildman–Crippen MR) is 77.7 cm³/mol. The first kappa shape index (κ1) is 13.1. The van der Waals surface area contributed by atoms with E-state index in [2.05, 4.69) is 34.3 Å². The van der Waals surface area contributed by atoms with Gasteiger partial charge < -0.3 is 10.1 Å². The van der Waals surface area contributed by atoms with Crippen LogP contribution in [0.1, 0.15) is 36.6 Å². The zero-order valence-corrected chi connectivity index (χ0v) is 11.6. The smallest absolute Gasteiger partial charge is 0.122 e. The van der Waals surface area contributed by atoms with Gasteiger partial charge >= 0.3 is 0 Å². The first-order valence-electron chi connectivity index (χ1n) is 7.11. The number of nitrogens with one attached hydrogen (secondary N) is 1. The van der Waals surface area contributed by atoms with E-state index in [0.29, 0.717) is 5.92 Å². The molecule has 2 heterocycles. The first-order chi connectivity index (χ1) is 9.90. The number of likely N-dealkylation sites (N-methyl/N-ethyl adjacent to an activating group) is 1. The zero-order chi connectivity index (χ0) is 13.8. The Bertz CT molecular complexity index is 559. The number of rotatable bonds is 4. The maximum atomic E-state index is 5.75. The topological polar surface area (TPSA) is 47.0 Å². The maximum Gasteiger partial charge on any atom is 0.122 e. The summed E-state index contributed by atoms with van der Waals surface area (Å²) >= 11 is 0. The normalized spacial score (nSPS) is 18.9. The summed E-state index contributed by atoms with van der Waals surface area (Å²) in [6.45, 7) is 3.78. The van der Waals surface area contributed by atoms with Gasteiger partial charge in [0.15, 0.2) is 0 Å². The highest BCUT2D eigenvalue weighted by atomic mass is 16.5. The highest BCUT2D eigenvalue weighted by Gasteiger charge is 2.30. The van der Waals surface area contributed by atoms with E-state index in [1.807, 2.05) is 18.3 Å². The van der Waals surface area contributed by atoms with Crippen LogP contribution in [0.2, 0.25) is 0 Å². The fraction of sp³-hybridized carbons (Fsp3) is 0.375. The van der Waals surface area contributed by atoms with E-state index in [0.717, 1.165) is 31.0 Å². The van der Waals surface area contributed by atoms with Crippen molar-refractivity contribution in [2.75, 3.05) is 13.2 Å². The summed E-state index contributed by atoms with van der Waals surface area (Å²) in [4.78, 5) is 8.68. The molecule has 0 amide bonds. The largest absolute Gasteiger partial charge is 0.493 e. The molecule has 0 bridgehead atoms. The van der Waals surface area contributed by atoms with Crippen molar-refractivity contribution in [2.24, 2.45) is 0 Å². The molecule has 0 saturated heterocycles. The van der Waals surface area contributed by atoms with Crippen molar-refractivity contribution in [3.63, 3.8) is 0 Å². The van der Waals surface area contributed by atoms with Gasteiger partial charge in [0.05, 0.1) is 18.3 Å². The lowest BCUT2D eigenvalue weighted by atomic mass is 9.85. The lowest BCUT2D eigenvalue weighted by Crippen LogP contribution is -2.31. The van der Waals surface area contributed by atoms with Crippen LogP contribution in [0, 0.1) is 0 Å². The monoisotopic (exact) mass is 269 g/mol. The average molecular weight is 269 g/mol. The Labute approximate surface area is 119 Å². The third kappa shape index (κ3) is 2.51. The van der Waals surface area contributed by atoms with E-state index in [-0.39, 0.29) is 6.04 Å². The first-order valence-corrected chi connectivity index (χ1v) is 7.11. The number of hydrogen-bond acceptors (Lipinski definition) is 4. The van der Waals surface area contributed by atoms with Crippen molar-refractivity contribution in [3.05, 3.63) is 54.1 Å². The fourth-order valence-corrected chi connectivity index (χ4v) is 2.86. The molecule has 2 unspecified atom stereocenters. The highest BCUT2D eigenvalue weighted by Crippen LogP contribution is 2.40. The van der Waals surface area contributed by atoms with Crippen LogP contribution in [0.15, 0.2) is 42.9 Å². The molecule has 1 aliphatic heterocycles.